The van der Waals surface area contributed by atoms with Gasteiger partial charge in [0.2, 0.25) is 15.9 Å². The summed E-state index contributed by atoms with van der Waals surface area (Å²) in [4.78, 5) is 25.5. The van der Waals surface area contributed by atoms with Crippen molar-refractivity contribution in [2.75, 3.05) is 11.9 Å². The zero-order chi connectivity index (χ0) is 23.3. The van der Waals surface area contributed by atoms with Crippen molar-refractivity contribution in [2.24, 2.45) is 0 Å². The number of anilines is 1. The Hall–Kier alpha value is -3.29. The molecule has 6 nitrogen and oxygen atoms in total. The van der Waals surface area contributed by atoms with Gasteiger partial charge in [0.1, 0.15) is 0 Å². The molecule has 7 heteroatoms. The number of nitrogens with one attached hydrogen (secondary N) is 2. The summed E-state index contributed by atoms with van der Waals surface area (Å²) in [6.07, 6.45) is 3.56. The summed E-state index contributed by atoms with van der Waals surface area (Å²) < 4.78 is 27.5. The molecule has 0 aromatic heterocycles. The number of carbonyl (C=O) groups is 2. The minimum Gasteiger partial charge on any atom is -0.325 e. The lowest BCUT2D eigenvalue weighted by molar-refractivity contribution is -0.121. The molecule has 2 N–H and O–H groups in total. The van der Waals surface area contributed by atoms with Gasteiger partial charge in [0.15, 0.2) is 5.78 Å². The third-order valence-corrected chi connectivity index (χ3v) is 7.58. The van der Waals surface area contributed by atoms with Crippen LogP contribution in [0.4, 0.5) is 5.69 Å². The van der Waals surface area contributed by atoms with E-state index in [4.69, 9.17) is 0 Å². The smallest absolute Gasteiger partial charge is 0.240 e. The van der Waals surface area contributed by atoms with Crippen molar-refractivity contribution in [1.29, 1.82) is 0 Å². The van der Waals surface area contributed by atoms with Crippen LogP contribution in [0.1, 0.15) is 41.6 Å². The predicted molar refractivity (Wildman–Crippen MR) is 128 cm³/mol. The summed E-state index contributed by atoms with van der Waals surface area (Å²) in [6, 6.07) is 24.3. The van der Waals surface area contributed by atoms with Gasteiger partial charge in [0.25, 0.3) is 0 Å². The normalized spacial score (nSPS) is 15.2. The third kappa shape index (κ3) is 5.05. The topological polar surface area (TPSA) is 92.3 Å². The second kappa shape index (κ2) is 9.68. The van der Waals surface area contributed by atoms with Crippen molar-refractivity contribution in [1.82, 2.24) is 4.72 Å². The van der Waals surface area contributed by atoms with E-state index in [1.807, 2.05) is 30.3 Å². The predicted octanol–water partition coefficient (Wildman–Crippen LogP) is 4.30. The van der Waals surface area contributed by atoms with Gasteiger partial charge in [0.05, 0.1) is 16.9 Å². The van der Waals surface area contributed by atoms with E-state index < -0.39 is 15.4 Å². The first-order valence-electron chi connectivity index (χ1n) is 11.0. The molecule has 170 valence electrons. The molecule has 33 heavy (non-hydrogen) atoms. The van der Waals surface area contributed by atoms with Crippen molar-refractivity contribution in [3.63, 3.8) is 0 Å². The van der Waals surface area contributed by atoms with Crippen LogP contribution >= 0.6 is 0 Å². The van der Waals surface area contributed by atoms with Gasteiger partial charge in [-0.1, -0.05) is 73.5 Å². The molecule has 4 rings (SSSR count). The number of hydrogen-bond donors (Lipinski definition) is 2. The van der Waals surface area contributed by atoms with Gasteiger partial charge in [-0.2, -0.15) is 0 Å². The summed E-state index contributed by atoms with van der Waals surface area (Å²) in [5, 5.41) is 2.97. The van der Waals surface area contributed by atoms with Crippen LogP contribution in [-0.4, -0.2) is 26.7 Å². The van der Waals surface area contributed by atoms with E-state index in [9.17, 15) is 18.0 Å². The fraction of sp³-hybridized carbons (Fsp3) is 0.231. The van der Waals surface area contributed by atoms with Crippen molar-refractivity contribution >= 4 is 27.4 Å². The highest BCUT2D eigenvalue weighted by Gasteiger charge is 2.42. The van der Waals surface area contributed by atoms with E-state index in [0.717, 1.165) is 31.2 Å². The zero-order valence-corrected chi connectivity index (χ0v) is 19.0. The highest BCUT2D eigenvalue weighted by Crippen LogP contribution is 2.42. The molecule has 1 fully saturated rings. The molecule has 3 aromatic rings. The van der Waals surface area contributed by atoms with E-state index >= 15 is 0 Å². The maximum atomic E-state index is 13.3. The average Bonchev–Trinajstić information content (AvgIpc) is 3.36. The molecule has 0 atom stereocenters. The van der Waals surface area contributed by atoms with E-state index in [2.05, 4.69) is 10.0 Å². The summed E-state index contributed by atoms with van der Waals surface area (Å²) in [6.45, 7) is -0.329. The fourth-order valence-corrected chi connectivity index (χ4v) is 5.30. The monoisotopic (exact) mass is 462 g/mol. The van der Waals surface area contributed by atoms with Crippen LogP contribution < -0.4 is 10.0 Å². The summed E-state index contributed by atoms with van der Waals surface area (Å²) >= 11 is 0. The first kappa shape index (κ1) is 22.9. The Kier molecular flexibility index (Phi) is 6.72. The molecule has 0 heterocycles. The summed E-state index contributed by atoms with van der Waals surface area (Å²) in [5.74, 6) is -0.390. The van der Waals surface area contributed by atoms with Crippen molar-refractivity contribution in [3.05, 3.63) is 96.1 Å². The minimum atomic E-state index is -3.86. The van der Waals surface area contributed by atoms with Crippen LogP contribution in [0, 0.1) is 0 Å². The van der Waals surface area contributed by atoms with E-state index in [0.29, 0.717) is 11.3 Å². The Bertz CT molecular complexity index is 1220. The standard InChI is InChI=1S/C26H26N2O4S/c29-24(20-9-3-1-4-10-20)19-27-33(31,32)23-15-13-22(14-16-23)28-25(30)26(17-7-8-18-26)21-11-5-2-6-12-21/h1-6,9-16,27H,7-8,17-19H2,(H,28,30). The van der Waals surface area contributed by atoms with Crippen molar-refractivity contribution in [2.45, 2.75) is 36.0 Å². The molecule has 0 bridgehead atoms. The second-order valence-electron chi connectivity index (χ2n) is 8.25. The molecule has 1 aliphatic carbocycles. The number of sulfonamides is 1. The molecule has 0 unspecified atom stereocenters. The number of Topliss-reactive ketones (excluding diaryl/α,β-unsaturated/α-hetero) is 1. The first-order valence-corrected chi connectivity index (χ1v) is 12.4. The summed E-state index contributed by atoms with van der Waals surface area (Å²) in [7, 11) is -3.86. The first-order chi connectivity index (χ1) is 15.9. The van der Waals surface area contributed by atoms with Gasteiger partial charge in [-0.05, 0) is 42.7 Å². The van der Waals surface area contributed by atoms with Crippen LogP contribution in [-0.2, 0) is 20.2 Å². The van der Waals surface area contributed by atoms with Crippen molar-refractivity contribution in [3.8, 4) is 0 Å². The molecule has 0 saturated heterocycles. The Morgan fingerprint density at radius 2 is 1.36 bits per heavy atom. The molecule has 0 aliphatic heterocycles. The molecule has 1 saturated carbocycles. The highest BCUT2D eigenvalue weighted by molar-refractivity contribution is 7.89. The Labute approximate surface area is 194 Å². The lowest BCUT2D eigenvalue weighted by Crippen LogP contribution is -2.38. The maximum absolute atomic E-state index is 13.3. The molecule has 1 aliphatic rings. The SMILES string of the molecule is O=C(CNS(=O)(=O)c1ccc(NC(=O)C2(c3ccccc3)CCCC2)cc1)c1ccccc1. The van der Waals surface area contributed by atoms with Gasteiger partial charge >= 0.3 is 0 Å². The molecule has 0 spiro atoms. The van der Waals surface area contributed by atoms with Crippen LogP contribution in [0.3, 0.4) is 0 Å². The van der Waals surface area contributed by atoms with Crippen LogP contribution in [0.2, 0.25) is 0 Å². The van der Waals surface area contributed by atoms with Crippen molar-refractivity contribution < 1.29 is 18.0 Å². The Balaban J connectivity index is 1.43. The quantitative estimate of drug-likeness (QED) is 0.488. The molecule has 1 amide bonds. The zero-order valence-electron chi connectivity index (χ0n) is 18.2. The van der Waals surface area contributed by atoms with Gasteiger partial charge in [-0.3, -0.25) is 9.59 Å². The van der Waals surface area contributed by atoms with Gasteiger partial charge < -0.3 is 5.32 Å². The van der Waals surface area contributed by atoms with Crippen LogP contribution in [0.15, 0.2) is 89.8 Å². The second-order valence-corrected chi connectivity index (χ2v) is 10.0. The molecule has 0 radical (unpaired) electrons. The number of carbonyl (C=O) groups excluding carboxylic acids is 2. The van der Waals surface area contributed by atoms with Gasteiger partial charge in [-0.25, -0.2) is 13.1 Å². The van der Waals surface area contributed by atoms with Gasteiger partial charge in [-0.15, -0.1) is 0 Å². The van der Waals surface area contributed by atoms with Crippen LogP contribution in [0.25, 0.3) is 0 Å². The summed E-state index contributed by atoms with van der Waals surface area (Å²) in [5.41, 5.74) is 1.41. The maximum Gasteiger partial charge on any atom is 0.240 e. The Morgan fingerprint density at radius 3 is 1.97 bits per heavy atom. The Morgan fingerprint density at radius 1 is 0.788 bits per heavy atom. The minimum absolute atomic E-state index is 0.0278. The molecule has 3 aromatic carbocycles. The number of amides is 1. The lowest BCUT2D eigenvalue weighted by Gasteiger charge is -2.28. The highest BCUT2D eigenvalue weighted by atomic mass is 32.2. The van der Waals surface area contributed by atoms with E-state index in [-0.39, 0.29) is 23.1 Å². The molecular formula is C26H26N2O4S. The lowest BCUT2D eigenvalue weighted by atomic mass is 9.78. The van der Waals surface area contributed by atoms with Crippen LogP contribution in [0.5, 0.6) is 0 Å². The number of rotatable bonds is 8. The van der Waals surface area contributed by atoms with E-state index in [1.165, 1.54) is 12.1 Å². The van der Waals surface area contributed by atoms with Gasteiger partial charge in [0, 0.05) is 11.3 Å². The largest absolute Gasteiger partial charge is 0.325 e. The molecular weight excluding hydrogens is 436 g/mol. The van der Waals surface area contributed by atoms with E-state index in [1.54, 1.807) is 42.5 Å². The third-order valence-electron chi connectivity index (χ3n) is 6.16. The average molecular weight is 463 g/mol. The number of hydrogen-bond acceptors (Lipinski definition) is 4. The fourth-order valence-electron chi connectivity index (χ4n) is 4.32. The number of benzene rings is 3. The number of ketones is 1.